The van der Waals surface area contributed by atoms with E-state index in [1.807, 2.05) is 0 Å². The molecule has 4 heteroatoms. The van der Waals surface area contributed by atoms with Gasteiger partial charge in [0.15, 0.2) is 9.84 Å². The molecule has 2 rings (SSSR count). The van der Waals surface area contributed by atoms with Crippen LogP contribution in [0.3, 0.4) is 0 Å². The van der Waals surface area contributed by atoms with Crippen molar-refractivity contribution in [3.63, 3.8) is 0 Å². The smallest absolute Gasteiger partial charge is 0.151 e. The number of rotatable bonds is 4. The number of aryl methyl sites for hydroxylation is 2. The van der Waals surface area contributed by atoms with Gasteiger partial charge in [-0.1, -0.05) is 24.6 Å². The summed E-state index contributed by atoms with van der Waals surface area (Å²) in [7, 11) is -0.895. The van der Waals surface area contributed by atoms with Crippen molar-refractivity contribution in [2.45, 2.75) is 50.9 Å². The number of nitrogens with zero attached hydrogens (tertiary/aromatic N) is 1. The van der Waals surface area contributed by atoms with Crippen LogP contribution in [0.5, 0.6) is 0 Å². The Morgan fingerprint density at radius 2 is 1.80 bits per heavy atom. The summed E-state index contributed by atoms with van der Waals surface area (Å²) < 4.78 is 23.8. The first-order valence-electron chi connectivity index (χ1n) is 7.25. The maximum Gasteiger partial charge on any atom is 0.151 e. The maximum absolute atomic E-state index is 11.9. The molecule has 0 amide bonds. The molecule has 0 aliphatic heterocycles. The van der Waals surface area contributed by atoms with E-state index in [1.165, 1.54) is 22.9 Å². The van der Waals surface area contributed by atoms with Crippen molar-refractivity contribution < 1.29 is 8.42 Å². The van der Waals surface area contributed by atoms with Crippen LogP contribution in [0.25, 0.3) is 0 Å². The summed E-state index contributed by atoms with van der Waals surface area (Å²) in [6.07, 6.45) is 4.18. The molecule has 1 aliphatic rings. The van der Waals surface area contributed by atoms with Crippen LogP contribution in [0.1, 0.15) is 36.0 Å². The molecule has 0 saturated heterocycles. The highest BCUT2D eigenvalue weighted by Crippen LogP contribution is 2.30. The molecule has 0 unspecified atom stereocenters. The van der Waals surface area contributed by atoms with E-state index in [0.717, 1.165) is 25.8 Å². The maximum atomic E-state index is 11.9. The topological polar surface area (TPSA) is 37.4 Å². The fraction of sp³-hybridized carbons (Fsp3) is 0.625. The molecule has 3 nitrogen and oxygen atoms in total. The Morgan fingerprint density at radius 1 is 1.20 bits per heavy atom. The molecule has 1 aromatic rings. The van der Waals surface area contributed by atoms with E-state index in [0.29, 0.717) is 0 Å². The summed E-state index contributed by atoms with van der Waals surface area (Å²) in [5, 5.41) is -0.197. The van der Waals surface area contributed by atoms with Crippen molar-refractivity contribution >= 4 is 9.84 Å². The minimum atomic E-state index is -2.95. The Balaban J connectivity index is 2.18. The van der Waals surface area contributed by atoms with Gasteiger partial charge in [0.1, 0.15) is 0 Å². The Bertz CT molecular complexity index is 560. The predicted molar refractivity (Wildman–Crippen MR) is 83.7 cm³/mol. The first-order valence-corrected chi connectivity index (χ1v) is 9.20. The molecule has 0 bridgehead atoms. The van der Waals surface area contributed by atoms with E-state index in [4.69, 9.17) is 0 Å². The summed E-state index contributed by atoms with van der Waals surface area (Å²) in [5.41, 5.74) is 3.89. The Hall–Kier alpha value is -0.870. The van der Waals surface area contributed by atoms with Gasteiger partial charge in [-0.2, -0.15) is 0 Å². The van der Waals surface area contributed by atoms with Crippen LogP contribution in [0, 0.1) is 13.8 Å². The van der Waals surface area contributed by atoms with E-state index in [1.54, 1.807) is 0 Å². The number of hydrogen-bond donors (Lipinski definition) is 0. The molecule has 112 valence electrons. The van der Waals surface area contributed by atoms with Crippen LogP contribution in [-0.4, -0.2) is 37.9 Å². The summed E-state index contributed by atoms with van der Waals surface area (Å²) in [6, 6.07) is 6.48. The highest BCUT2D eigenvalue weighted by molar-refractivity contribution is 7.91. The average molecular weight is 295 g/mol. The molecule has 1 saturated carbocycles. The minimum Gasteiger partial charge on any atom is -0.298 e. The summed E-state index contributed by atoms with van der Waals surface area (Å²) in [5.74, 6) is 0. The lowest BCUT2D eigenvalue weighted by Gasteiger charge is -2.29. The Labute approximate surface area is 122 Å². The molecule has 0 aromatic heterocycles. The van der Waals surface area contributed by atoms with Crippen LogP contribution < -0.4 is 0 Å². The summed E-state index contributed by atoms with van der Waals surface area (Å²) in [4.78, 5) is 2.23. The van der Waals surface area contributed by atoms with E-state index in [-0.39, 0.29) is 11.3 Å². The molecule has 0 heterocycles. The van der Waals surface area contributed by atoms with Gasteiger partial charge >= 0.3 is 0 Å². The molecule has 1 fully saturated rings. The van der Waals surface area contributed by atoms with E-state index in [2.05, 4.69) is 44.0 Å². The van der Waals surface area contributed by atoms with Crippen molar-refractivity contribution in [3.8, 4) is 0 Å². The summed E-state index contributed by atoms with van der Waals surface area (Å²) in [6.45, 7) is 5.08. The lowest BCUT2D eigenvalue weighted by molar-refractivity contribution is 0.238. The highest BCUT2D eigenvalue weighted by Gasteiger charge is 2.37. The van der Waals surface area contributed by atoms with Crippen LogP contribution in [0.15, 0.2) is 18.2 Å². The lowest BCUT2D eigenvalue weighted by Crippen LogP contribution is -2.41. The van der Waals surface area contributed by atoms with E-state index < -0.39 is 9.84 Å². The Morgan fingerprint density at radius 3 is 2.35 bits per heavy atom. The molecule has 0 spiro atoms. The van der Waals surface area contributed by atoms with Crippen LogP contribution >= 0.6 is 0 Å². The summed E-state index contributed by atoms with van der Waals surface area (Å²) >= 11 is 0. The zero-order valence-electron chi connectivity index (χ0n) is 12.9. The van der Waals surface area contributed by atoms with Crippen LogP contribution in [-0.2, 0) is 16.4 Å². The second kappa shape index (κ2) is 5.86. The quantitative estimate of drug-likeness (QED) is 0.857. The lowest BCUT2D eigenvalue weighted by atomic mass is 10.0. The van der Waals surface area contributed by atoms with Gasteiger partial charge in [-0.15, -0.1) is 0 Å². The predicted octanol–water partition coefficient (Wildman–Crippen LogP) is 2.70. The molecule has 2 atom stereocenters. The van der Waals surface area contributed by atoms with Gasteiger partial charge in [-0.3, -0.25) is 4.90 Å². The van der Waals surface area contributed by atoms with Crippen molar-refractivity contribution in [3.05, 3.63) is 34.9 Å². The molecular formula is C16H25NO2S. The second-order valence-corrected chi connectivity index (χ2v) is 8.42. The second-order valence-electron chi connectivity index (χ2n) is 6.15. The molecule has 0 radical (unpaired) electrons. The van der Waals surface area contributed by atoms with E-state index >= 15 is 0 Å². The SMILES string of the molecule is Cc1cccc(C)c1CN(C)[C@@H]1CCC[C@H]1S(C)(=O)=O. The zero-order valence-corrected chi connectivity index (χ0v) is 13.7. The van der Waals surface area contributed by atoms with Gasteiger partial charge in [-0.05, 0) is 50.4 Å². The molecule has 0 N–H and O–H groups in total. The first kappa shape index (κ1) is 15.5. The van der Waals surface area contributed by atoms with Gasteiger partial charge < -0.3 is 0 Å². The van der Waals surface area contributed by atoms with Gasteiger partial charge in [0.2, 0.25) is 0 Å². The standard InChI is InChI=1S/C16H25NO2S/c1-12-7-5-8-13(2)14(12)11-17(3)15-9-6-10-16(15)20(4,18)19/h5,7-8,15-16H,6,9-11H2,1-4H3/t15-,16-/m1/s1. The largest absolute Gasteiger partial charge is 0.298 e. The number of hydrogen-bond acceptors (Lipinski definition) is 3. The monoisotopic (exact) mass is 295 g/mol. The minimum absolute atomic E-state index is 0.156. The van der Waals surface area contributed by atoms with E-state index in [9.17, 15) is 8.42 Å². The average Bonchev–Trinajstić information content (AvgIpc) is 2.82. The van der Waals surface area contributed by atoms with Gasteiger partial charge in [0, 0.05) is 18.8 Å². The molecule has 1 aliphatic carbocycles. The number of sulfone groups is 1. The third-order valence-electron chi connectivity index (χ3n) is 4.59. The molecule has 1 aromatic carbocycles. The normalized spacial score (nSPS) is 23.4. The van der Waals surface area contributed by atoms with Gasteiger partial charge in [-0.25, -0.2) is 8.42 Å². The zero-order chi connectivity index (χ0) is 14.9. The first-order chi connectivity index (χ1) is 9.30. The van der Waals surface area contributed by atoms with Crippen molar-refractivity contribution in [1.82, 2.24) is 4.90 Å². The third kappa shape index (κ3) is 3.23. The van der Waals surface area contributed by atoms with Crippen molar-refractivity contribution in [2.75, 3.05) is 13.3 Å². The van der Waals surface area contributed by atoms with Crippen molar-refractivity contribution in [1.29, 1.82) is 0 Å². The van der Waals surface area contributed by atoms with Crippen molar-refractivity contribution in [2.24, 2.45) is 0 Å². The van der Waals surface area contributed by atoms with Gasteiger partial charge in [0.05, 0.1) is 5.25 Å². The molecule has 20 heavy (non-hydrogen) atoms. The molecular weight excluding hydrogens is 270 g/mol. The number of benzene rings is 1. The third-order valence-corrected chi connectivity index (χ3v) is 6.24. The van der Waals surface area contributed by atoms with Crippen LogP contribution in [0.2, 0.25) is 0 Å². The van der Waals surface area contributed by atoms with Crippen LogP contribution in [0.4, 0.5) is 0 Å². The highest BCUT2D eigenvalue weighted by atomic mass is 32.2. The Kier molecular flexibility index (Phi) is 4.55. The van der Waals surface area contributed by atoms with Gasteiger partial charge in [0.25, 0.3) is 0 Å². The fourth-order valence-electron chi connectivity index (χ4n) is 3.38. The fourth-order valence-corrected chi connectivity index (χ4v) is 4.88.